The minimum atomic E-state index is 0.528. The molecule has 0 aliphatic carbocycles. The van der Waals surface area contributed by atoms with E-state index >= 15 is 0 Å². The highest BCUT2D eigenvalue weighted by Gasteiger charge is 1.95. The normalized spacial score (nSPS) is 10.3. The Hall–Kier alpha value is -0.540. The first-order valence-electron chi connectivity index (χ1n) is 4.61. The lowest BCUT2D eigenvalue weighted by molar-refractivity contribution is 0.799. The molecule has 3 heteroatoms. The maximum atomic E-state index is 5.50. The maximum Gasteiger partial charge on any atom is 0.0542 e. The maximum absolute atomic E-state index is 5.50. The van der Waals surface area contributed by atoms with E-state index in [1.807, 2.05) is 6.20 Å². The average molecular weight is 196 g/mol. The molecule has 72 valence electrons. The van der Waals surface area contributed by atoms with Gasteiger partial charge in [0.05, 0.1) is 5.69 Å². The van der Waals surface area contributed by atoms with Gasteiger partial charge >= 0.3 is 0 Å². The number of aromatic nitrogens is 1. The van der Waals surface area contributed by atoms with Crippen LogP contribution in [0.25, 0.3) is 0 Å². The van der Waals surface area contributed by atoms with Crippen LogP contribution in [0.5, 0.6) is 0 Å². The summed E-state index contributed by atoms with van der Waals surface area (Å²) in [5.74, 6) is 0.967. The summed E-state index contributed by atoms with van der Waals surface area (Å²) in [6.07, 6.45) is 5.30. The van der Waals surface area contributed by atoms with Crippen molar-refractivity contribution in [3.8, 4) is 0 Å². The molecule has 0 atom stereocenters. The molecule has 0 bridgehead atoms. The number of hydrogen-bond acceptors (Lipinski definition) is 3. The molecule has 1 heterocycles. The van der Waals surface area contributed by atoms with Crippen molar-refractivity contribution < 1.29 is 0 Å². The zero-order chi connectivity index (χ0) is 9.52. The Bertz CT molecular complexity index is 250. The van der Waals surface area contributed by atoms with Gasteiger partial charge in [-0.15, -0.1) is 0 Å². The van der Waals surface area contributed by atoms with Gasteiger partial charge in [-0.05, 0) is 42.7 Å². The summed E-state index contributed by atoms with van der Waals surface area (Å²) in [5, 5.41) is 0. The van der Waals surface area contributed by atoms with Crippen molar-refractivity contribution in [3.63, 3.8) is 0 Å². The first kappa shape index (κ1) is 10.5. The summed E-state index contributed by atoms with van der Waals surface area (Å²) < 4.78 is 0. The predicted molar refractivity (Wildman–Crippen MR) is 58.9 cm³/mol. The van der Waals surface area contributed by atoms with Crippen molar-refractivity contribution in [2.75, 3.05) is 5.75 Å². The number of rotatable bonds is 5. The molecule has 0 amide bonds. The van der Waals surface area contributed by atoms with E-state index in [1.54, 1.807) is 0 Å². The molecule has 0 spiro atoms. The molecular formula is C10H16N2S. The molecule has 0 aliphatic rings. The second-order valence-electron chi connectivity index (χ2n) is 3.04. The second kappa shape index (κ2) is 6.00. The van der Waals surface area contributed by atoms with Gasteiger partial charge < -0.3 is 5.73 Å². The molecule has 1 aromatic rings. The van der Waals surface area contributed by atoms with Gasteiger partial charge in [0.1, 0.15) is 0 Å². The smallest absolute Gasteiger partial charge is 0.0542 e. The molecule has 0 radical (unpaired) electrons. The lowest BCUT2D eigenvalue weighted by Gasteiger charge is -2.01. The van der Waals surface area contributed by atoms with E-state index in [0.29, 0.717) is 6.54 Å². The summed E-state index contributed by atoms with van der Waals surface area (Å²) in [6.45, 7) is 0.528. The first-order valence-corrected chi connectivity index (χ1v) is 5.25. The van der Waals surface area contributed by atoms with Crippen LogP contribution in [0.15, 0.2) is 18.3 Å². The SMILES string of the molecule is NCc1cc(CCCCS)ccn1. The molecule has 0 saturated carbocycles. The van der Waals surface area contributed by atoms with Crippen molar-refractivity contribution in [2.24, 2.45) is 5.73 Å². The van der Waals surface area contributed by atoms with E-state index in [4.69, 9.17) is 5.73 Å². The summed E-state index contributed by atoms with van der Waals surface area (Å²) in [6, 6.07) is 4.14. The standard InChI is InChI=1S/C10H16N2S/c11-8-10-7-9(4-5-12-10)3-1-2-6-13/h4-5,7,13H,1-3,6,8,11H2. The van der Waals surface area contributed by atoms with Crippen LogP contribution in [-0.2, 0) is 13.0 Å². The van der Waals surface area contributed by atoms with Crippen LogP contribution < -0.4 is 5.73 Å². The fraction of sp³-hybridized carbons (Fsp3) is 0.500. The van der Waals surface area contributed by atoms with Crippen molar-refractivity contribution in [1.82, 2.24) is 4.98 Å². The van der Waals surface area contributed by atoms with Gasteiger partial charge in [-0.1, -0.05) is 0 Å². The molecule has 0 saturated heterocycles. The monoisotopic (exact) mass is 196 g/mol. The Kier molecular flexibility index (Phi) is 4.86. The van der Waals surface area contributed by atoms with Crippen LogP contribution in [0.2, 0.25) is 0 Å². The Balaban J connectivity index is 2.46. The number of aryl methyl sites for hydroxylation is 1. The number of pyridine rings is 1. The molecule has 0 aliphatic heterocycles. The molecule has 0 fully saturated rings. The van der Waals surface area contributed by atoms with Gasteiger partial charge in [-0.3, -0.25) is 4.98 Å². The van der Waals surface area contributed by atoms with Crippen molar-refractivity contribution in [1.29, 1.82) is 0 Å². The van der Waals surface area contributed by atoms with Crippen LogP contribution in [0, 0.1) is 0 Å². The number of thiol groups is 1. The van der Waals surface area contributed by atoms with E-state index in [1.165, 1.54) is 18.4 Å². The van der Waals surface area contributed by atoms with E-state index in [-0.39, 0.29) is 0 Å². The molecule has 0 unspecified atom stereocenters. The summed E-state index contributed by atoms with van der Waals surface area (Å²) in [5.41, 5.74) is 7.80. The topological polar surface area (TPSA) is 38.9 Å². The Morgan fingerprint density at radius 1 is 1.38 bits per heavy atom. The zero-order valence-corrected chi connectivity index (χ0v) is 8.63. The third-order valence-electron chi connectivity index (χ3n) is 1.96. The van der Waals surface area contributed by atoms with Gasteiger partial charge in [0.25, 0.3) is 0 Å². The number of unbranched alkanes of at least 4 members (excludes halogenated alkanes) is 1. The van der Waals surface area contributed by atoms with Crippen molar-refractivity contribution in [3.05, 3.63) is 29.6 Å². The Labute approximate surface area is 85.0 Å². The van der Waals surface area contributed by atoms with Gasteiger partial charge in [0.2, 0.25) is 0 Å². The van der Waals surface area contributed by atoms with Gasteiger partial charge in [-0.2, -0.15) is 12.6 Å². The second-order valence-corrected chi connectivity index (χ2v) is 3.49. The fourth-order valence-electron chi connectivity index (χ4n) is 1.24. The molecular weight excluding hydrogens is 180 g/mol. The molecule has 1 rings (SSSR count). The van der Waals surface area contributed by atoms with Crippen LogP contribution in [-0.4, -0.2) is 10.7 Å². The quantitative estimate of drug-likeness (QED) is 0.556. The van der Waals surface area contributed by atoms with Crippen LogP contribution in [0.3, 0.4) is 0 Å². The van der Waals surface area contributed by atoms with E-state index < -0.39 is 0 Å². The summed E-state index contributed by atoms with van der Waals surface area (Å²) in [4.78, 5) is 4.15. The third kappa shape index (κ3) is 3.79. The largest absolute Gasteiger partial charge is 0.325 e. The van der Waals surface area contributed by atoms with Crippen molar-refractivity contribution >= 4 is 12.6 Å². The lowest BCUT2D eigenvalue weighted by Crippen LogP contribution is -2.00. The fourth-order valence-corrected chi connectivity index (χ4v) is 1.46. The lowest BCUT2D eigenvalue weighted by atomic mass is 10.1. The first-order chi connectivity index (χ1) is 6.36. The summed E-state index contributed by atoms with van der Waals surface area (Å²) >= 11 is 4.17. The minimum Gasteiger partial charge on any atom is -0.325 e. The highest BCUT2D eigenvalue weighted by Crippen LogP contribution is 2.06. The number of hydrogen-bond donors (Lipinski definition) is 2. The number of nitrogens with zero attached hydrogens (tertiary/aromatic N) is 1. The van der Waals surface area contributed by atoms with Crippen LogP contribution in [0.4, 0.5) is 0 Å². The molecule has 1 aromatic heterocycles. The van der Waals surface area contributed by atoms with E-state index in [0.717, 1.165) is 17.9 Å². The summed E-state index contributed by atoms with van der Waals surface area (Å²) in [7, 11) is 0. The van der Waals surface area contributed by atoms with Crippen molar-refractivity contribution in [2.45, 2.75) is 25.8 Å². The number of nitrogens with two attached hydrogens (primary N) is 1. The highest BCUT2D eigenvalue weighted by atomic mass is 32.1. The zero-order valence-electron chi connectivity index (χ0n) is 7.74. The predicted octanol–water partition coefficient (Wildman–Crippen LogP) is 1.79. The Morgan fingerprint density at radius 3 is 2.92 bits per heavy atom. The molecule has 2 nitrogen and oxygen atoms in total. The highest BCUT2D eigenvalue weighted by molar-refractivity contribution is 7.80. The minimum absolute atomic E-state index is 0.528. The molecule has 2 N–H and O–H groups in total. The third-order valence-corrected chi connectivity index (χ3v) is 2.28. The van der Waals surface area contributed by atoms with E-state index in [2.05, 4.69) is 29.7 Å². The molecule has 0 aromatic carbocycles. The van der Waals surface area contributed by atoms with Crippen LogP contribution >= 0.6 is 12.6 Å². The molecule has 13 heavy (non-hydrogen) atoms. The Morgan fingerprint density at radius 2 is 2.23 bits per heavy atom. The van der Waals surface area contributed by atoms with Crippen LogP contribution in [0.1, 0.15) is 24.1 Å². The van der Waals surface area contributed by atoms with Gasteiger partial charge in [-0.25, -0.2) is 0 Å². The average Bonchev–Trinajstić information content (AvgIpc) is 2.19. The van der Waals surface area contributed by atoms with Gasteiger partial charge in [0, 0.05) is 12.7 Å². The van der Waals surface area contributed by atoms with Gasteiger partial charge in [0.15, 0.2) is 0 Å². The van der Waals surface area contributed by atoms with E-state index in [9.17, 15) is 0 Å².